The maximum atomic E-state index is 13.4. The van der Waals surface area contributed by atoms with Gasteiger partial charge in [0.25, 0.3) is 0 Å². The van der Waals surface area contributed by atoms with Crippen molar-refractivity contribution in [3.63, 3.8) is 0 Å². The molecule has 0 saturated carbocycles. The smallest absolute Gasteiger partial charge is 0.245 e. The molecule has 2 aromatic carbocycles. The number of pyridine rings is 1. The summed E-state index contributed by atoms with van der Waals surface area (Å²) in [7, 11) is -1.50. The van der Waals surface area contributed by atoms with Crippen molar-refractivity contribution in [2.24, 2.45) is 0 Å². The van der Waals surface area contributed by atoms with Crippen LogP contribution in [0.4, 0.5) is 0 Å². The number of benzene rings is 2. The van der Waals surface area contributed by atoms with Crippen LogP contribution < -0.4 is 4.74 Å². The topological polar surface area (TPSA) is 62.7 Å². The van der Waals surface area contributed by atoms with Gasteiger partial charge in [-0.05, 0) is 61.2 Å². The van der Waals surface area contributed by atoms with Crippen molar-refractivity contribution in [2.45, 2.75) is 36.9 Å². The molecule has 0 atom stereocenters. The SMILES string of the molecule is CN(Cc1cccc(OC2CCN(S(=O)(=O)c3cccc4cccnc34)CC2)c1)Cc1cccs1. The highest BCUT2D eigenvalue weighted by molar-refractivity contribution is 7.89. The van der Waals surface area contributed by atoms with Crippen LogP contribution in [0.15, 0.2) is 83.2 Å². The van der Waals surface area contributed by atoms with E-state index in [4.69, 9.17) is 4.74 Å². The lowest BCUT2D eigenvalue weighted by molar-refractivity contribution is 0.135. The van der Waals surface area contributed by atoms with Gasteiger partial charge in [0.15, 0.2) is 0 Å². The number of hydrogen-bond donors (Lipinski definition) is 0. The molecule has 4 aromatic rings. The Morgan fingerprint density at radius 3 is 2.63 bits per heavy atom. The first kappa shape index (κ1) is 23.9. The maximum absolute atomic E-state index is 13.4. The minimum Gasteiger partial charge on any atom is -0.490 e. The average Bonchev–Trinajstić information content (AvgIpc) is 3.37. The summed E-state index contributed by atoms with van der Waals surface area (Å²) in [5.41, 5.74) is 1.72. The van der Waals surface area contributed by atoms with Crippen LogP contribution in [0.5, 0.6) is 5.75 Å². The highest BCUT2D eigenvalue weighted by Gasteiger charge is 2.31. The van der Waals surface area contributed by atoms with Crippen molar-refractivity contribution < 1.29 is 13.2 Å². The van der Waals surface area contributed by atoms with E-state index >= 15 is 0 Å². The average molecular weight is 508 g/mol. The molecule has 182 valence electrons. The third kappa shape index (κ3) is 5.56. The fourth-order valence-electron chi connectivity index (χ4n) is 4.56. The summed E-state index contributed by atoms with van der Waals surface area (Å²) in [5.74, 6) is 0.839. The Morgan fingerprint density at radius 2 is 1.83 bits per heavy atom. The summed E-state index contributed by atoms with van der Waals surface area (Å²) < 4.78 is 34.6. The summed E-state index contributed by atoms with van der Waals surface area (Å²) in [6.07, 6.45) is 2.93. The summed E-state index contributed by atoms with van der Waals surface area (Å²) >= 11 is 1.77. The van der Waals surface area contributed by atoms with E-state index in [-0.39, 0.29) is 11.0 Å². The van der Waals surface area contributed by atoms with Crippen LogP contribution in [0, 0.1) is 0 Å². The first-order valence-corrected chi connectivity index (χ1v) is 14.1. The van der Waals surface area contributed by atoms with Gasteiger partial charge in [-0.3, -0.25) is 9.88 Å². The lowest BCUT2D eigenvalue weighted by Crippen LogP contribution is -2.41. The minimum atomic E-state index is -3.62. The van der Waals surface area contributed by atoms with Crippen LogP contribution in [0.1, 0.15) is 23.3 Å². The van der Waals surface area contributed by atoms with Gasteiger partial charge in [-0.15, -0.1) is 11.3 Å². The number of piperidine rings is 1. The van der Waals surface area contributed by atoms with Crippen LogP contribution in [-0.2, 0) is 23.1 Å². The Labute approximate surface area is 210 Å². The fraction of sp³-hybridized carbons (Fsp3) is 0.296. The zero-order valence-corrected chi connectivity index (χ0v) is 21.3. The van der Waals surface area contributed by atoms with Crippen LogP contribution in [0.25, 0.3) is 10.9 Å². The van der Waals surface area contributed by atoms with E-state index in [0.717, 1.165) is 24.2 Å². The number of para-hydroxylation sites is 1. The molecule has 0 aliphatic carbocycles. The normalized spacial score (nSPS) is 15.6. The molecule has 1 saturated heterocycles. The number of sulfonamides is 1. The zero-order chi connectivity index (χ0) is 24.3. The molecule has 6 nitrogen and oxygen atoms in total. The van der Waals surface area contributed by atoms with Gasteiger partial charge in [0.2, 0.25) is 10.0 Å². The van der Waals surface area contributed by atoms with E-state index in [2.05, 4.69) is 46.6 Å². The number of fused-ring (bicyclic) bond motifs is 1. The number of rotatable bonds is 8. The number of nitrogens with zero attached hydrogens (tertiary/aromatic N) is 3. The van der Waals surface area contributed by atoms with E-state index in [1.807, 2.05) is 30.3 Å². The summed E-state index contributed by atoms with van der Waals surface area (Å²) in [6.45, 7) is 2.62. The molecule has 2 aromatic heterocycles. The molecule has 8 heteroatoms. The molecule has 5 rings (SSSR count). The standard InChI is InChI=1S/C27H29N3O3S2/c1-29(20-25-10-5-17-34-25)19-21-6-2-9-24(18-21)33-23-12-15-30(16-13-23)35(31,32)26-11-3-7-22-8-4-14-28-27(22)26/h2-11,14,17-18,23H,12-13,15-16,19-20H2,1H3. The van der Waals surface area contributed by atoms with Crippen LogP contribution >= 0.6 is 11.3 Å². The number of hydrogen-bond acceptors (Lipinski definition) is 6. The lowest BCUT2D eigenvalue weighted by atomic mass is 10.1. The van der Waals surface area contributed by atoms with E-state index in [0.29, 0.717) is 31.4 Å². The molecule has 3 heterocycles. The van der Waals surface area contributed by atoms with Gasteiger partial charge < -0.3 is 4.74 Å². The van der Waals surface area contributed by atoms with Gasteiger partial charge in [0.1, 0.15) is 16.7 Å². The molecule has 1 aliphatic heterocycles. The molecule has 0 spiro atoms. The van der Waals surface area contributed by atoms with Crippen molar-refractivity contribution in [2.75, 3.05) is 20.1 Å². The number of ether oxygens (including phenoxy) is 1. The van der Waals surface area contributed by atoms with Gasteiger partial charge in [0, 0.05) is 42.6 Å². The molecule has 35 heavy (non-hydrogen) atoms. The number of aromatic nitrogens is 1. The van der Waals surface area contributed by atoms with Crippen molar-refractivity contribution >= 4 is 32.3 Å². The van der Waals surface area contributed by atoms with Gasteiger partial charge in [-0.25, -0.2) is 8.42 Å². The molecule has 1 fully saturated rings. The van der Waals surface area contributed by atoms with Gasteiger partial charge in [0.05, 0.1) is 5.52 Å². The van der Waals surface area contributed by atoms with E-state index in [9.17, 15) is 8.42 Å². The molecular weight excluding hydrogens is 478 g/mol. The van der Waals surface area contributed by atoms with Crippen LogP contribution in [0.3, 0.4) is 0 Å². The molecule has 0 bridgehead atoms. The Hall–Kier alpha value is -2.78. The Balaban J connectivity index is 1.20. The fourth-order valence-corrected chi connectivity index (χ4v) is 6.98. The highest BCUT2D eigenvalue weighted by atomic mass is 32.2. The molecule has 1 aliphatic rings. The van der Waals surface area contributed by atoms with Crippen molar-refractivity contribution in [1.82, 2.24) is 14.2 Å². The second-order valence-electron chi connectivity index (χ2n) is 8.95. The monoisotopic (exact) mass is 507 g/mol. The first-order chi connectivity index (χ1) is 17.0. The number of thiophene rings is 1. The van der Waals surface area contributed by atoms with Crippen molar-refractivity contribution in [1.29, 1.82) is 0 Å². The van der Waals surface area contributed by atoms with Crippen molar-refractivity contribution in [3.8, 4) is 5.75 Å². The molecule has 0 radical (unpaired) electrons. The second kappa shape index (κ2) is 10.5. The largest absolute Gasteiger partial charge is 0.490 e. The Bertz CT molecular complexity index is 1380. The zero-order valence-electron chi connectivity index (χ0n) is 19.7. The minimum absolute atomic E-state index is 0.00816. The summed E-state index contributed by atoms with van der Waals surface area (Å²) in [4.78, 5) is 8.24. The third-order valence-electron chi connectivity index (χ3n) is 6.27. The Kier molecular flexibility index (Phi) is 7.15. The third-order valence-corrected chi connectivity index (χ3v) is 9.07. The lowest BCUT2D eigenvalue weighted by Gasteiger charge is -2.31. The highest BCUT2D eigenvalue weighted by Crippen LogP contribution is 2.28. The predicted molar refractivity (Wildman–Crippen MR) is 140 cm³/mol. The van der Waals surface area contributed by atoms with Crippen LogP contribution in [0.2, 0.25) is 0 Å². The summed E-state index contributed by atoms with van der Waals surface area (Å²) in [6, 6.07) is 21.5. The van der Waals surface area contributed by atoms with Gasteiger partial charge >= 0.3 is 0 Å². The van der Waals surface area contributed by atoms with E-state index in [1.54, 1.807) is 34.0 Å². The molecule has 0 N–H and O–H groups in total. The van der Waals surface area contributed by atoms with E-state index in [1.165, 1.54) is 10.4 Å². The second-order valence-corrected chi connectivity index (χ2v) is 11.9. The van der Waals surface area contributed by atoms with E-state index < -0.39 is 10.0 Å². The first-order valence-electron chi connectivity index (χ1n) is 11.8. The Morgan fingerprint density at radius 1 is 1.03 bits per heavy atom. The predicted octanol–water partition coefficient (Wildman–Crippen LogP) is 5.16. The maximum Gasteiger partial charge on any atom is 0.245 e. The summed E-state index contributed by atoms with van der Waals surface area (Å²) in [5, 5.41) is 2.93. The van der Waals surface area contributed by atoms with Crippen LogP contribution in [-0.4, -0.2) is 48.8 Å². The molecule has 0 amide bonds. The molecule has 0 unspecified atom stereocenters. The quantitative estimate of drug-likeness (QED) is 0.330. The van der Waals surface area contributed by atoms with Gasteiger partial charge in [-0.2, -0.15) is 4.31 Å². The van der Waals surface area contributed by atoms with Crippen molar-refractivity contribution in [3.05, 3.63) is 88.7 Å². The van der Waals surface area contributed by atoms with Gasteiger partial charge in [-0.1, -0.05) is 36.4 Å². The molecular formula is C27H29N3O3S2.